The molecule has 3 aromatic carbocycles. The van der Waals surface area contributed by atoms with E-state index >= 15 is 0 Å². The van der Waals surface area contributed by atoms with Crippen LogP contribution in [0.3, 0.4) is 0 Å². The third-order valence-electron chi connectivity index (χ3n) is 5.09. The summed E-state index contributed by atoms with van der Waals surface area (Å²) < 4.78 is 11.3. The Morgan fingerprint density at radius 1 is 0.833 bits per heavy atom. The summed E-state index contributed by atoms with van der Waals surface area (Å²) in [6.07, 6.45) is -0.543. The topological polar surface area (TPSA) is 55.8 Å². The highest BCUT2D eigenvalue weighted by molar-refractivity contribution is 5.92. The van der Waals surface area contributed by atoms with E-state index < -0.39 is 18.1 Å². The molecule has 5 nitrogen and oxygen atoms in total. The number of rotatable bonds is 8. The normalized spacial score (nSPS) is 16.6. The lowest BCUT2D eigenvalue weighted by atomic mass is 9.99. The summed E-state index contributed by atoms with van der Waals surface area (Å²) in [6.45, 7) is 0.879. The lowest BCUT2D eigenvalue weighted by Gasteiger charge is -2.42. The Hall–Kier alpha value is -3.44. The molecular formula is C25H23NO4. The number of esters is 1. The van der Waals surface area contributed by atoms with Gasteiger partial charge in [-0.15, -0.1) is 0 Å². The van der Waals surface area contributed by atoms with Gasteiger partial charge in [0.25, 0.3) is 5.91 Å². The Morgan fingerprint density at radius 2 is 1.37 bits per heavy atom. The van der Waals surface area contributed by atoms with E-state index in [0.717, 1.165) is 16.7 Å². The predicted octanol–water partition coefficient (Wildman–Crippen LogP) is 3.90. The lowest BCUT2D eigenvalue weighted by Crippen LogP contribution is -2.60. The van der Waals surface area contributed by atoms with Gasteiger partial charge in [0.1, 0.15) is 6.61 Å². The summed E-state index contributed by atoms with van der Waals surface area (Å²) >= 11 is 0. The zero-order valence-electron chi connectivity index (χ0n) is 16.5. The lowest BCUT2D eigenvalue weighted by molar-refractivity contribution is -0.177. The van der Waals surface area contributed by atoms with Gasteiger partial charge in [0, 0.05) is 0 Å². The molecule has 2 unspecified atom stereocenters. The van der Waals surface area contributed by atoms with E-state index in [-0.39, 0.29) is 12.5 Å². The molecule has 5 heteroatoms. The first kappa shape index (κ1) is 19.9. The second-order valence-corrected chi connectivity index (χ2v) is 7.18. The molecule has 1 saturated heterocycles. The summed E-state index contributed by atoms with van der Waals surface area (Å²) in [5.74, 6) is -0.642. The molecule has 1 aliphatic rings. The van der Waals surface area contributed by atoms with E-state index in [1.54, 1.807) is 0 Å². The molecule has 0 radical (unpaired) electrons. The minimum Gasteiger partial charge on any atom is -0.459 e. The van der Waals surface area contributed by atoms with Crippen molar-refractivity contribution in [3.05, 3.63) is 108 Å². The summed E-state index contributed by atoms with van der Waals surface area (Å²) in [5, 5.41) is 0. The molecule has 152 valence electrons. The zero-order chi connectivity index (χ0) is 20.8. The fourth-order valence-corrected chi connectivity index (χ4v) is 3.43. The van der Waals surface area contributed by atoms with Crippen LogP contribution in [0.15, 0.2) is 91.0 Å². The Kier molecular flexibility index (Phi) is 6.20. The van der Waals surface area contributed by atoms with Crippen molar-refractivity contribution in [2.75, 3.05) is 6.54 Å². The zero-order valence-corrected chi connectivity index (χ0v) is 16.5. The molecule has 0 saturated carbocycles. The van der Waals surface area contributed by atoms with Gasteiger partial charge in [-0.25, -0.2) is 4.79 Å². The molecule has 0 spiro atoms. The minimum absolute atomic E-state index is 0.166. The fourth-order valence-electron chi connectivity index (χ4n) is 3.43. The second kappa shape index (κ2) is 9.37. The number of benzene rings is 3. The number of β-lactam (4-membered cyclic amide) rings is 1. The molecular weight excluding hydrogens is 378 g/mol. The second-order valence-electron chi connectivity index (χ2n) is 7.18. The maximum absolute atomic E-state index is 12.9. The first-order chi connectivity index (χ1) is 14.7. The van der Waals surface area contributed by atoms with Crippen LogP contribution in [0.1, 0.15) is 22.7 Å². The Labute approximate surface area is 175 Å². The van der Waals surface area contributed by atoms with Gasteiger partial charge in [-0.1, -0.05) is 91.0 Å². The Balaban J connectivity index is 1.42. The molecule has 1 fully saturated rings. The number of likely N-dealkylation sites (tertiary alicyclic amines) is 1. The number of carbonyl (C=O) groups is 2. The molecule has 0 N–H and O–H groups in total. The van der Waals surface area contributed by atoms with E-state index in [1.165, 1.54) is 4.90 Å². The highest BCUT2D eigenvalue weighted by atomic mass is 16.5. The number of hydrogen-bond donors (Lipinski definition) is 0. The van der Waals surface area contributed by atoms with Crippen molar-refractivity contribution < 1.29 is 19.1 Å². The molecule has 0 aliphatic carbocycles. The third kappa shape index (κ3) is 4.58. The van der Waals surface area contributed by atoms with Crippen molar-refractivity contribution in [3.8, 4) is 0 Å². The van der Waals surface area contributed by atoms with E-state index in [2.05, 4.69) is 0 Å². The highest BCUT2D eigenvalue weighted by Crippen LogP contribution is 2.30. The Morgan fingerprint density at radius 3 is 1.93 bits per heavy atom. The smallest absolute Gasteiger partial charge is 0.333 e. The minimum atomic E-state index is -0.779. The van der Waals surface area contributed by atoms with Crippen molar-refractivity contribution in [3.63, 3.8) is 0 Å². The van der Waals surface area contributed by atoms with Crippen LogP contribution in [0.4, 0.5) is 0 Å². The standard InChI is InChI=1S/C25H23NO4/c27-24-22(29-17-19-10-4-1-5-11-19)16-26(24)23(21-14-8-3-9-15-21)25(28)30-18-20-12-6-2-7-13-20/h1-15,22-23H,16-18H2. The van der Waals surface area contributed by atoms with E-state index in [0.29, 0.717) is 13.2 Å². The van der Waals surface area contributed by atoms with Gasteiger partial charge in [-0.05, 0) is 16.7 Å². The van der Waals surface area contributed by atoms with Crippen LogP contribution in [0.2, 0.25) is 0 Å². The monoisotopic (exact) mass is 401 g/mol. The van der Waals surface area contributed by atoms with E-state index in [1.807, 2.05) is 91.0 Å². The van der Waals surface area contributed by atoms with Gasteiger partial charge in [-0.3, -0.25) is 4.79 Å². The number of hydrogen-bond acceptors (Lipinski definition) is 4. The SMILES string of the molecule is O=C(OCc1ccccc1)C(c1ccccc1)N1CC(OCc2ccccc2)C1=O. The van der Waals surface area contributed by atoms with Crippen molar-refractivity contribution >= 4 is 11.9 Å². The van der Waals surface area contributed by atoms with Crippen molar-refractivity contribution in [2.24, 2.45) is 0 Å². The van der Waals surface area contributed by atoms with Crippen molar-refractivity contribution in [1.29, 1.82) is 0 Å². The molecule has 1 aliphatic heterocycles. The maximum atomic E-state index is 12.9. The van der Waals surface area contributed by atoms with E-state index in [9.17, 15) is 9.59 Å². The Bertz CT molecular complexity index is 976. The number of carbonyl (C=O) groups excluding carboxylic acids is 2. The molecule has 0 bridgehead atoms. The van der Waals surface area contributed by atoms with Gasteiger partial charge in [-0.2, -0.15) is 0 Å². The average molecular weight is 401 g/mol. The molecule has 30 heavy (non-hydrogen) atoms. The first-order valence-electron chi connectivity index (χ1n) is 9.94. The highest BCUT2D eigenvalue weighted by Gasteiger charge is 2.45. The summed E-state index contributed by atoms with van der Waals surface area (Å²) in [5.41, 5.74) is 2.63. The molecule has 2 atom stereocenters. The summed E-state index contributed by atoms with van der Waals surface area (Å²) in [4.78, 5) is 27.2. The molecule has 1 heterocycles. The van der Waals surface area contributed by atoms with Crippen LogP contribution in [-0.2, 0) is 32.3 Å². The molecule has 3 aromatic rings. The van der Waals surface area contributed by atoms with Crippen LogP contribution in [-0.4, -0.2) is 29.4 Å². The predicted molar refractivity (Wildman–Crippen MR) is 112 cm³/mol. The third-order valence-corrected chi connectivity index (χ3v) is 5.09. The molecule has 1 amide bonds. The summed E-state index contributed by atoms with van der Waals surface area (Å²) in [6, 6.07) is 27.7. The van der Waals surface area contributed by atoms with Gasteiger partial charge < -0.3 is 14.4 Å². The van der Waals surface area contributed by atoms with Crippen molar-refractivity contribution in [2.45, 2.75) is 25.4 Å². The number of amides is 1. The van der Waals surface area contributed by atoms with Crippen LogP contribution in [0.5, 0.6) is 0 Å². The van der Waals surface area contributed by atoms with Crippen LogP contribution in [0, 0.1) is 0 Å². The average Bonchev–Trinajstić information content (AvgIpc) is 2.81. The van der Waals surface area contributed by atoms with Gasteiger partial charge in [0.15, 0.2) is 12.1 Å². The molecule has 4 rings (SSSR count). The quantitative estimate of drug-likeness (QED) is 0.424. The first-order valence-corrected chi connectivity index (χ1v) is 9.94. The van der Waals surface area contributed by atoms with E-state index in [4.69, 9.17) is 9.47 Å². The summed E-state index contributed by atoms with van der Waals surface area (Å²) in [7, 11) is 0. The number of ether oxygens (including phenoxy) is 2. The fraction of sp³-hybridized carbons (Fsp3) is 0.200. The van der Waals surface area contributed by atoms with Gasteiger partial charge in [0.05, 0.1) is 13.2 Å². The van der Waals surface area contributed by atoms with Gasteiger partial charge in [0.2, 0.25) is 0 Å². The van der Waals surface area contributed by atoms with Crippen LogP contribution < -0.4 is 0 Å². The maximum Gasteiger partial charge on any atom is 0.333 e. The van der Waals surface area contributed by atoms with Crippen molar-refractivity contribution in [1.82, 2.24) is 4.90 Å². The van der Waals surface area contributed by atoms with Crippen LogP contribution >= 0.6 is 0 Å². The van der Waals surface area contributed by atoms with Crippen LogP contribution in [0.25, 0.3) is 0 Å². The van der Waals surface area contributed by atoms with Gasteiger partial charge >= 0.3 is 5.97 Å². The largest absolute Gasteiger partial charge is 0.459 e. The number of nitrogens with zero attached hydrogens (tertiary/aromatic N) is 1. The molecule has 0 aromatic heterocycles.